The maximum Gasteiger partial charge on any atom is 0.236 e. The summed E-state index contributed by atoms with van der Waals surface area (Å²) in [5.74, 6) is 0.0995. The van der Waals surface area contributed by atoms with Crippen molar-refractivity contribution in [1.82, 2.24) is 9.80 Å². The normalized spacial score (nSPS) is 10.8. The van der Waals surface area contributed by atoms with E-state index in [1.54, 1.807) is 11.9 Å². The molecular weight excluding hydrogens is 210 g/mol. The van der Waals surface area contributed by atoms with E-state index in [1.165, 1.54) is 0 Å². The van der Waals surface area contributed by atoms with Gasteiger partial charge in [-0.1, -0.05) is 12.2 Å². The fraction of sp³-hybridized carbons (Fsp3) is 0.800. The van der Waals surface area contributed by atoms with Crippen LogP contribution in [0.1, 0.15) is 20.3 Å². The van der Waals surface area contributed by atoms with Crippen molar-refractivity contribution in [1.29, 1.82) is 0 Å². The van der Waals surface area contributed by atoms with Gasteiger partial charge in [0.15, 0.2) is 0 Å². The Morgan fingerprint density at radius 3 is 2.33 bits per heavy atom. The molecule has 0 radical (unpaired) electrons. The Morgan fingerprint density at radius 1 is 1.40 bits per heavy atom. The summed E-state index contributed by atoms with van der Waals surface area (Å²) in [7, 11) is 3.71. The summed E-state index contributed by atoms with van der Waals surface area (Å²) >= 11 is 4.76. The van der Waals surface area contributed by atoms with Crippen molar-refractivity contribution in [3.8, 4) is 0 Å². The number of amides is 1. The Hall–Kier alpha value is -0.680. The predicted octanol–water partition coefficient (Wildman–Crippen LogP) is 0.461. The Bertz CT molecular complexity index is 231. The molecule has 0 saturated heterocycles. The van der Waals surface area contributed by atoms with Crippen LogP contribution in [-0.4, -0.2) is 53.9 Å². The third-order valence-corrected chi connectivity index (χ3v) is 2.59. The molecule has 15 heavy (non-hydrogen) atoms. The molecule has 0 fully saturated rings. The number of likely N-dealkylation sites (N-methyl/N-ethyl adjacent to an activating group) is 2. The van der Waals surface area contributed by atoms with Crippen LogP contribution in [0.4, 0.5) is 0 Å². The number of thiocarbonyl (C=S) groups is 1. The summed E-state index contributed by atoms with van der Waals surface area (Å²) in [6, 6.07) is 0.373. The van der Waals surface area contributed by atoms with Crippen molar-refractivity contribution in [2.75, 3.05) is 27.2 Å². The van der Waals surface area contributed by atoms with Crippen molar-refractivity contribution in [2.45, 2.75) is 26.3 Å². The average molecular weight is 231 g/mol. The molecule has 0 aliphatic rings. The van der Waals surface area contributed by atoms with Crippen LogP contribution < -0.4 is 5.73 Å². The SMILES string of the molecule is CC(C)N(C)CC(=O)N(C)CCC(N)=S. The smallest absolute Gasteiger partial charge is 0.236 e. The highest BCUT2D eigenvalue weighted by Gasteiger charge is 2.13. The van der Waals surface area contributed by atoms with Crippen molar-refractivity contribution in [3.05, 3.63) is 0 Å². The summed E-state index contributed by atoms with van der Waals surface area (Å²) in [4.78, 5) is 15.8. The van der Waals surface area contributed by atoms with Gasteiger partial charge in [0, 0.05) is 26.1 Å². The Labute approximate surface area is 97.4 Å². The summed E-state index contributed by atoms with van der Waals surface area (Å²) in [5, 5.41) is 0. The minimum Gasteiger partial charge on any atom is -0.393 e. The van der Waals surface area contributed by atoms with E-state index in [9.17, 15) is 4.79 Å². The van der Waals surface area contributed by atoms with Crippen molar-refractivity contribution < 1.29 is 4.79 Å². The van der Waals surface area contributed by atoms with Gasteiger partial charge in [-0.25, -0.2) is 0 Å². The summed E-state index contributed by atoms with van der Waals surface area (Å²) in [6.45, 7) is 5.15. The predicted molar refractivity (Wildman–Crippen MR) is 66.8 cm³/mol. The molecule has 0 saturated carbocycles. The second-order valence-electron chi connectivity index (χ2n) is 4.04. The Morgan fingerprint density at radius 2 is 1.93 bits per heavy atom. The quantitative estimate of drug-likeness (QED) is 0.675. The molecule has 0 spiro atoms. The summed E-state index contributed by atoms with van der Waals surface area (Å²) in [6.07, 6.45) is 0.586. The third-order valence-electron chi connectivity index (χ3n) is 2.39. The van der Waals surface area contributed by atoms with Gasteiger partial charge in [0.05, 0.1) is 11.5 Å². The van der Waals surface area contributed by atoms with Crippen molar-refractivity contribution in [2.24, 2.45) is 5.73 Å². The van der Waals surface area contributed by atoms with E-state index >= 15 is 0 Å². The molecule has 0 atom stereocenters. The zero-order valence-corrected chi connectivity index (χ0v) is 10.8. The van der Waals surface area contributed by atoms with Crippen LogP contribution in [0.2, 0.25) is 0 Å². The second-order valence-corrected chi connectivity index (χ2v) is 4.56. The molecule has 0 aromatic carbocycles. The van der Waals surface area contributed by atoms with E-state index in [4.69, 9.17) is 18.0 Å². The minimum absolute atomic E-state index is 0.0995. The molecule has 1 amide bonds. The molecule has 0 unspecified atom stereocenters. The molecule has 0 rings (SSSR count). The molecule has 4 nitrogen and oxygen atoms in total. The van der Waals surface area contributed by atoms with Crippen molar-refractivity contribution >= 4 is 23.1 Å². The van der Waals surface area contributed by atoms with Gasteiger partial charge < -0.3 is 10.6 Å². The molecule has 0 aliphatic heterocycles. The summed E-state index contributed by atoms with van der Waals surface area (Å²) < 4.78 is 0. The lowest BCUT2D eigenvalue weighted by Gasteiger charge is -2.24. The maximum absolute atomic E-state index is 11.7. The number of carbonyl (C=O) groups is 1. The topological polar surface area (TPSA) is 49.6 Å². The molecule has 0 bridgehead atoms. The first-order valence-electron chi connectivity index (χ1n) is 5.07. The molecule has 0 aromatic heterocycles. The van der Waals surface area contributed by atoms with Gasteiger partial charge in [0.2, 0.25) is 5.91 Å². The van der Waals surface area contributed by atoms with Gasteiger partial charge in [-0.05, 0) is 20.9 Å². The van der Waals surface area contributed by atoms with Gasteiger partial charge >= 0.3 is 0 Å². The van der Waals surface area contributed by atoms with Gasteiger partial charge in [0.1, 0.15) is 0 Å². The van der Waals surface area contributed by atoms with E-state index in [-0.39, 0.29) is 5.91 Å². The molecular formula is C10H21N3OS. The first kappa shape index (κ1) is 14.3. The van der Waals surface area contributed by atoms with E-state index in [0.717, 1.165) is 0 Å². The van der Waals surface area contributed by atoms with Gasteiger partial charge in [-0.15, -0.1) is 0 Å². The number of carbonyl (C=O) groups excluding carboxylic acids is 1. The second kappa shape index (κ2) is 6.74. The van der Waals surface area contributed by atoms with Crippen LogP contribution in [0, 0.1) is 0 Å². The first-order valence-corrected chi connectivity index (χ1v) is 5.48. The average Bonchev–Trinajstić information content (AvgIpc) is 2.13. The van der Waals surface area contributed by atoms with Crippen LogP contribution in [0.5, 0.6) is 0 Å². The van der Waals surface area contributed by atoms with Crippen LogP contribution >= 0.6 is 12.2 Å². The van der Waals surface area contributed by atoms with E-state index in [1.807, 2.05) is 11.9 Å². The van der Waals surface area contributed by atoms with Crippen LogP contribution in [0.3, 0.4) is 0 Å². The third kappa shape index (κ3) is 6.41. The fourth-order valence-corrected chi connectivity index (χ4v) is 1.01. The minimum atomic E-state index is 0.0995. The largest absolute Gasteiger partial charge is 0.393 e. The van der Waals surface area contributed by atoms with Gasteiger partial charge in [0.25, 0.3) is 0 Å². The number of nitrogens with two attached hydrogens (primary N) is 1. The van der Waals surface area contributed by atoms with E-state index < -0.39 is 0 Å². The van der Waals surface area contributed by atoms with Crippen LogP contribution in [-0.2, 0) is 4.79 Å². The standard InChI is InChI=1S/C10H21N3OS/c1-8(2)13(4)7-10(14)12(3)6-5-9(11)15/h8H,5-7H2,1-4H3,(H2,11,15). The van der Waals surface area contributed by atoms with Gasteiger partial charge in [-0.3, -0.25) is 9.69 Å². The molecule has 0 aliphatic carbocycles. The lowest BCUT2D eigenvalue weighted by Crippen LogP contribution is -2.40. The number of nitrogens with zero attached hydrogens (tertiary/aromatic N) is 2. The molecule has 0 heterocycles. The molecule has 88 valence electrons. The zero-order valence-electron chi connectivity index (χ0n) is 9.99. The molecule has 2 N–H and O–H groups in total. The number of hydrogen-bond donors (Lipinski definition) is 1. The zero-order chi connectivity index (χ0) is 12.0. The number of rotatable bonds is 6. The highest BCUT2D eigenvalue weighted by Crippen LogP contribution is 1.96. The fourth-order valence-electron chi connectivity index (χ4n) is 0.919. The first-order chi connectivity index (χ1) is 6.84. The number of hydrogen-bond acceptors (Lipinski definition) is 3. The van der Waals surface area contributed by atoms with Crippen LogP contribution in [0.25, 0.3) is 0 Å². The highest BCUT2D eigenvalue weighted by atomic mass is 32.1. The maximum atomic E-state index is 11.7. The molecule has 0 aromatic rings. The van der Waals surface area contributed by atoms with E-state index in [2.05, 4.69) is 13.8 Å². The summed E-state index contributed by atoms with van der Waals surface area (Å²) in [5.41, 5.74) is 5.37. The highest BCUT2D eigenvalue weighted by molar-refractivity contribution is 7.80. The molecule has 5 heteroatoms. The Balaban J connectivity index is 3.93. The monoisotopic (exact) mass is 231 g/mol. The lowest BCUT2D eigenvalue weighted by molar-refractivity contribution is -0.131. The van der Waals surface area contributed by atoms with E-state index in [0.29, 0.717) is 30.5 Å². The van der Waals surface area contributed by atoms with Crippen molar-refractivity contribution in [3.63, 3.8) is 0 Å². The van der Waals surface area contributed by atoms with Gasteiger partial charge in [-0.2, -0.15) is 0 Å². The van der Waals surface area contributed by atoms with Crippen LogP contribution in [0.15, 0.2) is 0 Å². The lowest BCUT2D eigenvalue weighted by atomic mass is 10.3. The Kier molecular flexibility index (Phi) is 6.43.